The topological polar surface area (TPSA) is 121 Å². The van der Waals surface area contributed by atoms with Crippen LogP contribution in [-0.4, -0.2) is 76.7 Å². The number of aromatic nitrogens is 1. The van der Waals surface area contributed by atoms with Crippen molar-refractivity contribution in [2.45, 2.75) is 63.9 Å². The molecule has 4 N–H and O–H groups in total. The van der Waals surface area contributed by atoms with Gasteiger partial charge in [-0.3, -0.25) is 19.7 Å². The number of hydrogen-bond donors (Lipinski definition) is 4. The van der Waals surface area contributed by atoms with Gasteiger partial charge in [0.05, 0.1) is 44.7 Å². The summed E-state index contributed by atoms with van der Waals surface area (Å²) in [6.07, 6.45) is 5.63. The first-order valence-electron chi connectivity index (χ1n) is 18.1. The summed E-state index contributed by atoms with van der Waals surface area (Å²) in [7, 11) is 1.66. The molecule has 7 rings (SSSR count). The van der Waals surface area contributed by atoms with Crippen molar-refractivity contribution in [1.82, 2.24) is 30.8 Å². The molecule has 54 heavy (non-hydrogen) atoms. The number of likely N-dealkylation sites (tertiary alicyclic amines) is 2. The first-order chi connectivity index (χ1) is 25.9. The van der Waals surface area contributed by atoms with Crippen LogP contribution in [0.1, 0.15) is 66.7 Å². The van der Waals surface area contributed by atoms with Gasteiger partial charge in [-0.2, -0.15) is 5.26 Å². The lowest BCUT2D eigenvalue weighted by Crippen LogP contribution is -2.54. The molecule has 0 aliphatic carbocycles. The number of carbonyl (C=O) groups excluding carboxylic acids is 1. The number of nitrogens with zero attached hydrogens (tertiary/aromatic N) is 5. The van der Waals surface area contributed by atoms with Gasteiger partial charge in [0.25, 0.3) is 5.91 Å². The summed E-state index contributed by atoms with van der Waals surface area (Å²) in [6, 6.07) is 18.0. The number of hydrazine groups is 2. The Hall–Kier alpha value is -4.64. The minimum absolute atomic E-state index is 0.0363. The molecule has 282 valence electrons. The van der Waals surface area contributed by atoms with E-state index in [9.17, 15) is 14.4 Å². The Labute approximate surface area is 325 Å². The Morgan fingerprint density at radius 2 is 1.89 bits per heavy atom. The average molecular weight is 773 g/mol. The normalized spacial score (nSPS) is 17.5. The molecule has 3 aliphatic rings. The smallest absolute Gasteiger partial charge is 0.254 e. The van der Waals surface area contributed by atoms with Crippen molar-refractivity contribution >= 4 is 51.4 Å². The molecule has 0 spiro atoms. The number of pyridine rings is 1. The van der Waals surface area contributed by atoms with E-state index in [2.05, 4.69) is 69.5 Å². The Morgan fingerprint density at radius 1 is 1.11 bits per heavy atom. The zero-order valence-electron chi connectivity index (χ0n) is 30.7. The molecule has 2 saturated heterocycles. The third kappa shape index (κ3) is 7.92. The maximum absolute atomic E-state index is 14.3. The molecule has 3 aliphatic heterocycles. The van der Waals surface area contributed by atoms with Crippen LogP contribution in [0.2, 0.25) is 10.0 Å². The van der Waals surface area contributed by atoms with Crippen LogP contribution >= 0.6 is 23.2 Å². The second kappa shape index (κ2) is 15.6. The molecule has 1 aromatic heterocycles. The zero-order valence-corrected chi connectivity index (χ0v) is 32.2. The maximum Gasteiger partial charge on any atom is 0.254 e. The van der Waals surface area contributed by atoms with Gasteiger partial charge in [0, 0.05) is 80.4 Å². The predicted molar refractivity (Wildman–Crippen MR) is 210 cm³/mol. The molecule has 0 radical (unpaired) electrons. The highest BCUT2D eigenvalue weighted by Crippen LogP contribution is 2.37. The molecule has 1 amide bonds. The van der Waals surface area contributed by atoms with E-state index in [1.54, 1.807) is 24.1 Å². The summed E-state index contributed by atoms with van der Waals surface area (Å²) < 4.78 is 19.7. The Bertz CT molecular complexity index is 2120. The van der Waals surface area contributed by atoms with Gasteiger partial charge in [-0.05, 0) is 81.1 Å². The monoisotopic (exact) mass is 771 g/mol. The number of piperidine rings is 1. The summed E-state index contributed by atoms with van der Waals surface area (Å²) in [5.74, 6) is -0.576. The zero-order chi connectivity index (χ0) is 38.1. The van der Waals surface area contributed by atoms with E-state index < -0.39 is 11.9 Å². The average Bonchev–Trinajstić information content (AvgIpc) is 3.63. The van der Waals surface area contributed by atoms with Gasteiger partial charge in [-0.1, -0.05) is 41.4 Å². The quantitative estimate of drug-likeness (QED) is 0.132. The Morgan fingerprint density at radius 3 is 2.59 bits per heavy atom. The standard InChI is InChI=1S/C40H44Cl2FN9O2/c1-40(2,3)51-12-10-29(11-13-51)52-23-35(48-49-52)37(25-6-5-7-26(15-25)39(53)50-21-30(22-50)54-4)47-28-16-31-36(27(18-44)20-46-38(31)33(42)17-28)45-19-24-8-9-32(41)34(43)14-24/h5-9,14-17,20,23,29-30,37,47-49H,10-13,19,21-22H2,1-4H3,(H,45,46)/t37-/m0/s1. The third-order valence-corrected chi connectivity index (χ3v) is 11.1. The van der Waals surface area contributed by atoms with Crippen molar-refractivity contribution in [2.75, 3.05) is 43.9 Å². The first-order valence-corrected chi connectivity index (χ1v) is 18.8. The number of amides is 1. The number of methoxy groups -OCH3 is 1. The molecule has 1 atom stereocenters. The molecule has 0 saturated carbocycles. The number of anilines is 2. The largest absolute Gasteiger partial charge is 0.379 e. The Kier molecular flexibility index (Phi) is 10.9. The van der Waals surface area contributed by atoms with Crippen LogP contribution in [0.5, 0.6) is 0 Å². The molecule has 4 heterocycles. The first kappa shape index (κ1) is 37.7. The Balaban J connectivity index is 1.22. The van der Waals surface area contributed by atoms with E-state index in [-0.39, 0.29) is 35.2 Å². The van der Waals surface area contributed by atoms with E-state index in [4.69, 9.17) is 27.9 Å². The van der Waals surface area contributed by atoms with Crippen molar-refractivity contribution in [3.63, 3.8) is 0 Å². The van der Waals surface area contributed by atoms with Gasteiger partial charge in [0.1, 0.15) is 11.9 Å². The number of halogens is 3. The number of fused-ring (bicyclic) bond motifs is 1. The molecule has 0 unspecified atom stereocenters. The summed E-state index contributed by atoms with van der Waals surface area (Å²) in [4.78, 5) is 22.3. The second-order valence-corrected chi connectivity index (χ2v) is 15.8. The number of ether oxygens (including phenoxy) is 1. The van der Waals surface area contributed by atoms with Crippen LogP contribution < -0.4 is 21.6 Å². The molecule has 2 fully saturated rings. The molecular weight excluding hydrogens is 728 g/mol. The SMILES string of the molecule is COC1CN(C(=O)c2cccc([C@H](Nc3cc(Cl)c4ncc(C#N)c(NCc5ccc(Cl)c(F)c5)c4c3)C3=CN(C4CCN(C(C)(C)C)CC4)NN3)c2)C1. The van der Waals surface area contributed by atoms with Crippen molar-refractivity contribution in [3.05, 3.63) is 111 Å². The van der Waals surface area contributed by atoms with Crippen LogP contribution in [0.3, 0.4) is 0 Å². The second-order valence-electron chi connectivity index (χ2n) is 15.0. The summed E-state index contributed by atoms with van der Waals surface area (Å²) in [5.41, 5.74) is 11.9. The van der Waals surface area contributed by atoms with Crippen molar-refractivity contribution in [2.24, 2.45) is 0 Å². The number of carbonyl (C=O) groups is 1. The van der Waals surface area contributed by atoms with Crippen LogP contribution in [-0.2, 0) is 11.3 Å². The molecule has 3 aromatic carbocycles. The van der Waals surface area contributed by atoms with Crippen molar-refractivity contribution in [1.29, 1.82) is 5.26 Å². The van der Waals surface area contributed by atoms with Gasteiger partial charge in [-0.25, -0.2) is 4.39 Å². The van der Waals surface area contributed by atoms with Gasteiger partial charge < -0.3 is 25.7 Å². The van der Waals surface area contributed by atoms with E-state index in [1.807, 2.05) is 30.3 Å². The third-order valence-electron chi connectivity index (χ3n) is 10.5. The van der Waals surface area contributed by atoms with E-state index in [0.717, 1.165) is 37.2 Å². The summed E-state index contributed by atoms with van der Waals surface area (Å²) in [6.45, 7) is 10.1. The highest BCUT2D eigenvalue weighted by molar-refractivity contribution is 6.36. The number of benzene rings is 3. The van der Waals surface area contributed by atoms with Crippen molar-refractivity contribution in [3.8, 4) is 6.07 Å². The van der Waals surface area contributed by atoms with E-state index >= 15 is 0 Å². The van der Waals surface area contributed by atoms with Crippen LogP contribution in [0, 0.1) is 17.1 Å². The van der Waals surface area contributed by atoms with E-state index in [1.165, 1.54) is 18.3 Å². The lowest BCUT2D eigenvalue weighted by atomic mass is 9.97. The van der Waals surface area contributed by atoms with Gasteiger partial charge in [-0.15, -0.1) is 5.53 Å². The fourth-order valence-electron chi connectivity index (χ4n) is 7.25. The van der Waals surface area contributed by atoms with Gasteiger partial charge in [0.15, 0.2) is 0 Å². The highest BCUT2D eigenvalue weighted by Gasteiger charge is 2.34. The molecule has 11 nitrogen and oxygen atoms in total. The number of hydrogen-bond acceptors (Lipinski definition) is 10. The molecular formula is C40H44Cl2FN9O2. The number of rotatable bonds is 10. The lowest BCUT2D eigenvalue weighted by molar-refractivity contribution is -0.0192. The van der Waals surface area contributed by atoms with E-state index in [0.29, 0.717) is 57.1 Å². The summed E-state index contributed by atoms with van der Waals surface area (Å²) in [5, 5.41) is 20.2. The minimum Gasteiger partial charge on any atom is -0.379 e. The van der Waals surface area contributed by atoms with Crippen LogP contribution in [0.15, 0.2) is 72.7 Å². The van der Waals surface area contributed by atoms with Gasteiger partial charge >= 0.3 is 0 Å². The highest BCUT2D eigenvalue weighted by atomic mass is 35.5. The molecule has 4 aromatic rings. The fourth-order valence-corrected chi connectivity index (χ4v) is 7.64. The number of nitrogens with one attached hydrogen (secondary N) is 4. The van der Waals surface area contributed by atoms with Crippen molar-refractivity contribution < 1.29 is 13.9 Å². The van der Waals surface area contributed by atoms with Crippen LogP contribution in [0.4, 0.5) is 15.8 Å². The molecule has 0 bridgehead atoms. The molecule has 14 heteroatoms. The minimum atomic E-state index is -0.523. The van der Waals surface area contributed by atoms with Gasteiger partial charge in [0.2, 0.25) is 0 Å². The number of nitriles is 1. The van der Waals surface area contributed by atoms with Crippen LogP contribution in [0.25, 0.3) is 10.9 Å². The summed E-state index contributed by atoms with van der Waals surface area (Å²) >= 11 is 12.8. The fraction of sp³-hybridized carbons (Fsp3) is 0.375. The predicted octanol–water partition coefficient (Wildman–Crippen LogP) is 7.22. The maximum atomic E-state index is 14.3. The lowest BCUT2D eigenvalue weighted by Gasteiger charge is -2.42.